The largest absolute Gasteiger partial charge is 0.389 e. The molecule has 2 aliphatic heterocycles. The van der Waals surface area contributed by atoms with Gasteiger partial charge in [0.15, 0.2) is 0 Å². The molecule has 0 aromatic carbocycles. The van der Waals surface area contributed by atoms with Gasteiger partial charge in [0.05, 0.1) is 35.8 Å². The maximum absolute atomic E-state index is 13.4. The summed E-state index contributed by atoms with van der Waals surface area (Å²) in [6.45, 7) is 3.78. The van der Waals surface area contributed by atoms with Crippen LogP contribution < -0.4 is 5.32 Å². The van der Waals surface area contributed by atoms with Gasteiger partial charge in [0.25, 0.3) is 5.92 Å². The molecule has 1 amide bonds. The molecule has 1 saturated carbocycles. The van der Waals surface area contributed by atoms with E-state index in [4.69, 9.17) is 0 Å². The van der Waals surface area contributed by atoms with Crippen LogP contribution in [0, 0.1) is 5.92 Å². The van der Waals surface area contributed by atoms with Crippen molar-refractivity contribution in [2.24, 2.45) is 5.92 Å². The van der Waals surface area contributed by atoms with E-state index < -0.39 is 23.3 Å². The predicted molar refractivity (Wildman–Crippen MR) is 113 cm³/mol. The molecule has 2 bridgehead atoms. The van der Waals surface area contributed by atoms with E-state index in [0.717, 1.165) is 24.1 Å². The van der Waals surface area contributed by atoms with Gasteiger partial charge in [-0.25, -0.2) is 18.7 Å². The lowest BCUT2D eigenvalue weighted by molar-refractivity contribution is -0.137. The molecule has 4 heterocycles. The highest BCUT2D eigenvalue weighted by Crippen LogP contribution is 2.51. The molecule has 0 spiro atoms. The van der Waals surface area contributed by atoms with Crippen molar-refractivity contribution in [3.8, 4) is 0 Å². The number of nitrogens with one attached hydrogen (secondary N) is 1. The third-order valence-electron chi connectivity index (χ3n) is 6.20. The lowest BCUT2D eigenvalue weighted by Gasteiger charge is -2.34. The van der Waals surface area contributed by atoms with Crippen LogP contribution in [-0.4, -0.2) is 59.3 Å². The standard InChI is InChI=1S/C22H26F2N6O2/c1-21(2,32)12-29-11-14(10-26-29)27-20-25-6-5-18(28-20)13-7-15-3-4-16(8-13)30(15)19(31)17-9-22(17,23)24/h5-7,10-11,15-17,32H,3-4,8-9,12H2,1-2H3,(H,25,27,28). The zero-order valence-corrected chi connectivity index (χ0v) is 18.0. The number of anilines is 2. The third kappa shape index (κ3) is 4.11. The van der Waals surface area contributed by atoms with Crippen LogP contribution in [0.5, 0.6) is 0 Å². The van der Waals surface area contributed by atoms with E-state index in [1.165, 1.54) is 0 Å². The fourth-order valence-corrected chi connectivity index (χ4v) is 4.66. The van der Waals surface area contributed by atoms with E-state index in [2.05, 4.69) is 20.4 Å². The number of fused-ring (bicyclic) bond motifs is 2. The third-order valence-corrected chi connectivity index (χ3v) is 6.20. The summed E-state index contributed by atoms with van der Waals surface area (Å²) in [6, 6.07) is 1.61. The smallest absolute Gasteiger partial charge is 0.260 e. The van der Waals surface area contributed by atoms with Crippen molar-refractivity contribution in [2.75, 3.05) is 5.32 Å². The van der Waals surface area contributed by atoms with Crippen LogP contribution in [0.15, 0.2) is 30.7 Å². The molecule has 3 unspecified atom stereocenters. The Kier molecular flexibility index (Phi) is 4.81. The van der Waals surface area contributed by atoms with Crippen molar-refractivity contribution in [3.05, 3.63) is 36.4 Å². The molecule has 2 aromatic heterocycles. The molecule has 2 fully saturated rings. The first-order chi connectivity index (χ1) is 15.1. The minimum Gasteiger partial charge on any atom is -0.389 e. The second kappa shape index (κ2) is 7.33. The fourth-order valence-electron chi connectivity index (χ4n) is 4.66. The van der Waals surface area contributed by atoms with Gasteiger partial charge in [0, 0.05) is 24.9 Å². The normalized spacial score (nSPS) is 26.1. The number of alkyl halides is 2. The molecule has 1 saturated heterocycles. The zero-order valence-electron chi connectivity index (χ0n) is 18.0. The second-order valence-electron chi connectivity index (χ2n) is 9.59. The van der Waals surface area contributed by atoms with Crippen molar-refractivity contribution in [1.82, 2.24) is 24.6 Å². The van der Waals surface area contributed by atoms with Crippen LogP contribution in [0.4, 0.5) is 20.4 Å². The SMILES string of the molecule is CC(C)(O)Cn1cc(Nc2nccc(C3=CC4CCC(C3)N4C(=O)C3CC3(F)F)n2)cn1. The van der Waals surface area contributed by atoms with E-state index in [1.807, 2.05) is 12.1 Å². The van der Waals surface area contributed by atoms with Crippen LogP contribution >= 0.6 is 0 Å². The Morgan fingerprint density at radius 2 is 2.16 bits per heavy atom. The Labute approximate surface area is 184 Å². The highest BCUT2D eigenvalue weighted by atomic mass is 19.3. The average molecular weight is 444 g/mol. The molecule has 32 heavy (non-hydrogen) atoms. The van der Waals surface area contributed by atoms with Crippen molar-refractivity contribution in [1.29, 1.82) is 0 Å². The van der Waals surface area contributed by atoms with Gasteiger partial charge < -0.3 is 15.3 Å². The van der Waals surface area contributed by atoms with E-state index in [1.54, 1.807) is 42.0 Å². The molecule has 5 rings (SSSR count). The van der Waals surface area contributed by atoms with Crippen molar-refractivity contribution >= 4 is 23.1 Å². The molecular formula is C22H26F2N6O2. The van der Waals surface area contributed by atoms with Crippen LogP contribution in [0.25, 0.3) is 5.57 Å². The maximum atomic E-state index is 13.4. The van der Waals surface area contributed by atoms with Gasteiger partial charge in [0.2, 0.25) is 11.9 Å². The van der Waals surface area contributed by atoms with Crippen molar-refractivity contribution in [3.63, 3.8) is 0 Å². The molecule has 1 aliphatic carbocycles. The van der Waals surface area contributed by atoms with Gasteiger partial charge in [-0.2, -0.15) is 5.10 Å². The number of rotatable bonds is 6. The minimum absolute atomic E-state index is 0.0599. The lowest BCUT2D eigenvalue weighted by Crippen LogP contribution is -2.44. The Bertz CT molecular complexity index is 1080. The number of aromatic nitrogens is 4. The summed E-state index contributed by atoms with van der Waals surface area (Å²) in [5.41, 5.74) is 1.59. The van der Waals surface area contributed by atoms with E-state index >= 15 is 0 Å². The second-order valence-corrected chi connectivity index (χ2v) is 9.59. The molecular weight excluding hydrogens is 418 g/mol. The van der Waals surface area contributed by atoms with Crippen molar-refractivity contribution < 1.29 is 18.7 Å². The number of halogens is 2. The molecule has 8 nitrogen and oxygen atoms in total. The monoisotopic (exact) mass is 444 g/mol. The number of hydrogen-bond donors (Lipinski definition) is 2. The van der Waals surface area contributed by atoms with Gasteiger partial charge in [-0.15, -0.1) is 0 Å². The van der Waals surface area contributed by atoms with Crippen LogP contribution in [-0.2, 0) is 11.3 Å². The molecule has 170 valence electrons. The summed E-state index contributed by atoms with van der Waals surface area (Å²) in [5, 5.41) is 17.3. The van der Waals surface area contributed by atoms with Gasteiger partial charge in [-0.3, -0.25) is 9.48 Å². The first-order valence-corrected chi connectivity index (χ1v) is 10.8. The van der Waals surface area contributed by atoms with Crippen LogP contribution in [0.2, 0.25) is 0 Å². The summed E-state index contributed by atoms with van der Waals surface area (Å²) in [7, 11) is 0. The predicted octanol–water partition coefficient (Wildman–Crippen LogP) is 2.99. The Morgan fingerprint density at radius 1 is 1.38 bits per heavy atom. The molecule has 2 aromatic rings. The van der Waals surface area contributed by atoms with Gasteiger partial charge >= 0.3 is 0 Å². The summed E-state index contributed by atoms with van der Waals surface area (Å²) in [4.78, 5) is 23.1. The summed E-state index contributed by atoms with van der Waals surface area (Å²) in [5.74, 6) is -3.98. The van der Waals surface area contributed by atoms with E-state index in [-0.39, 0.29) is 18.5 Å². The Morgan fingerprint density at radius 3 is 2.84 bits per heavy atom. The number of nitrogens with zero attached hydrogens (tertiary/aromatic N) is 5. The quantitative estimate of drug-likeness (QED) is 0.711. The van der Waals surface area contributed by atoms with Gasteiger partial charge in [0.1, 0.15) is 5.92 Å². The average Bonchev–Trinajstić information content (AvgIpc) is 3.00. The highest BCUT2D eigenvalue weighted by molar-refractivity contribution is 5.85. The fraction of sp³-hybridized carbons (Fsp3) is 0.545. The summed E-state index contributed by atoms with van der Waals surface area (Å²) >= 11 is 0. The Hall–Kier alpha value is -2.88. The number of amides is 1. The first-order valence-electron chi connectivity index (χ1n) is 10.8. The number of carbonyl (C=O) groups is 1. The molecule has 10 heteroatoms. The summed E-state index contributed by atoms with van der Waals surface area (Å²) < 4.78 is 28.5. The van der Waals surface area contributed by atoms with Crippen LogP contribution in [0.3, 0.4) is 0 Å². The number of aliphatic hydroxyl groups is 1. The minimum atomic E-state index is -2.84. The van der Waals surface area contributed by atoms with E-state index in [0.29, 0.717) is 24.6 Å². The van der Waals surface area contributed by atoms with E-state index in [9.17, 15) is 18.7 Å². The number of hydrogen-bond acceptors (Lipinski definition) is 6. The molecule has 2 N–H and O–H groups in total. The summed E-state index contributed by atoms with van der Waals surface area (Å²) in [6.07, 6.45) is 8.93. The highest BCUT2D eigenvalue weighted by Gasteiger charge is 2.63. The maximum Gasteiger partial charge on any atom is 0.260 e. The zero-order chi connectivity index (χ0) is 22.7. The first kappa shape index (κ1) is 21.0. The molecule has 3 atom stereocenters. The molecule has 0 radical (unpaired) electrons. The van der Waals surface area contributed by atoms with Gasteiger partial charge in [-0.05, 0) is 44.7 Å². The molecule has 3 aliphatic rings. The topological polar surface area (TPSA) is 96.2 Å². The Balaban J connectivity index is 1.30. The van der Waals surface area contributed by atoms with Gasteiger partial charge in [-0.1, -0.05) is 6.08 Å². The number of carbonyl (C=O) groups excluding carboxylic acids is 1. The van der Waals surface area contributed by atoms with Crippen molar-refractivity contribution in [2.45, 2.75) is 69.7 Å². The van der Waals surface area contributed by atoms with Crippen LogP contribution in [0.1, 0.15) is 45.2 Å². The lowest BCUT2D eigenvalue weighted by atomic mass is 9.98.